The van der Waals surface area contributed by atoms with E-state index in [2.05, 4.69) is 29.0 Å². The van der Waals surface area contributed by atoms with Crippen LogP contribution in [0.1, 0.15) is 17.0 Å². The van der Waals surface area contributed by atoms with Gasteiger partial charge in [0.1, 0.15) is 5.82 Å². The molecule has 0 aliphatic heterocycles. The monoisotopic (exact) mass is 184 g/mol. The Kier molecular flexibility index (Phi) is 2.54. The minimum absolute atomic E-state index is 0.813. The van der Waals surface area contributed by atoms with Crippen LogP contribution in [-0.2, 0) is 6.42 Å². The molecule has 14 heavy (non-hydrogen) atoms. The third-order valence-electron chi connectivity index (χ3n) is 2.23. The highest BCUT2D eigenvalue weighted by Crippen LogP contribution is 2.10. The largest absolute Gasteiger partial charge is 0.241 e. The van der Waals surface area contributed by atoms with E-state index < -0.39 is 0 Å². The number of rotatable bonds is 2. The number of aromatic nitrogens is 2. The second-order valence-electron chi connectivity index (χ2n) is 3.27. The molecular weight excluding hydrogens is 172 g/mol. The molecule has 0 fully saturated rings. The third-order valence-corrected chi connectivity index (χ3v) is 2.23. The first-order valence-electron chi connectivity index (χ1n) is 4.66. The van der Waals surface area contributed by atoms with Crippen molar-refractivity contribution in [3.63, 3.8) is 0 Å². The van der Waals surface area contributed by atoms with Crippen molar-refractivity contribution in [2.24, 2.45) is 0 Å². The van der Waals surface area contributed by atoms with Crippen LogP contribution >= 0.6 is 0 Å². The van der Waals surface area contributed by atoms with Gasteiger partial charge in [-0.15, -0.1) is 0 Å². The van der Waals surface area contributed by atoms with Gasteiger partial charge in [-0.05, 0) is 24.1 Å². The fourth-order valence-electron chi connectivity index (χ4n) is 1.40. The van der Waals surface area contributed by atoms with E-state index >= 15 is 0 Å². The summed E-state index contributed by atoms with van der Waals surface area (Å²) in [6.07, 6.45) is 4.37. The second-order valence-corrected chi connectivity index (χ2v) is 3.27. The summed E-state index contributed by atoms with van der Waals surface area (Å²) in [7, 11) is 0. The van der Waals surface area contributed by atoms with Gasteiger partial charge in [0.05, 0.1) is 0 Å². The Labute approximate surface area is 83.7 Å². The van der Waals surface area contributed by atoms with Gasteiger partial charge in [-0.25, -0.2) is 9.97 Å². The summed E-state index contributed by atoms with van der Waals surface area (Å²) < 4.78 is 0. The lowest BCUT2D eigenvalue weighted by Gasteiger charge is -2.03. The molecule has 0 saturated carbocycles. The van der Waals surface area contributed by atoms with Gasteiger partial charge in [0.2, 0.25) is 0 Å². The van der Waals surface area contributed by atoms with Crippen LogP contribution in [0.25, 0.3) is 0 Å². The molecular formula is C12H12N2. The Balaban J connectivity index is 2.24. The smallest absolute Gasteiger partial charge is 0.132 e. The van der Waals surface area contributed by atoms with Gasteiger partial charge >= 0.3 is 0 Å². The fraction of sp³-hybridized carbons (Fsp3) is 0.167. The first-order chi connectivity index (χ1) is 6.86. The maximum absolute atomic E-state index is 4.20. The maximum atomic E-state index is 4.20. The van der Waals surface area contributed by atoms with Crippen molar-refractivity contribution in [1.82, 2.24) is 9.97 Å². The number of aryl methyl sites for hydroxylation is 1. The molecule has 0 radical (unpaired) electrons. The molecule has 1 aromatic carbocycles. The molecule has 0 unspecified atom stereocenters. The highest BCUT2D eigenvalue weighted by molar-refractivity contribution is 5.27. The summed E-state index contributed by atoms with van der Waals surface area (Å²) in [6.45, 7) is 2.11. The van der Waals surface area contributed by atoms with Gasteiger partial charge in [0, 0.05) is 18.8 Å². The van der Waals surface area contributed by atoms with Crippen molar-refractivity contribution in [3.8, 4) is 0 Å². The molecule has 0 aliphatic carbocycles. The first kappa shape index (κ1) is 8.88. The Morgan fingerprint density at radius 3 is 2.43 bits per heavy atom. The summed E-state index contributed by atoms with van der Waals surface area (Å²) >= 11 is 0. The Bertz CT molecular complexity index is 410. The average molecular weight is 184 g/mol. The first-order valence-corrected chi connectivity index (χ1v) is 4.66. The predicted octanol–water partition coefficient (Wildman–Crippen LogP) is 2.38. The van der Waals surface area contributed by atoms with E-state index in [0.717, 1.165) is 12.2 Å². The predicted molar refractivity (Wildman–Crippen MR) is 56.0 cm³/mol. The summed E-state index contributed by atoms with van der Waals surface area (Å²) in [6, 6.07) is 10.2. The van der Waals surface area contributed by atoms with E-state index in [1.807, 2.05) is 18.2 Å². The van der Waals surface area contributed by atoms with Crippen molar-refractivity contribution >= 4 is 0 Å². The summed E-state index contributed by atoms with van der Waals surface area (Å²) in [4.78, 5) is 8.41. The molecule has 0 aliphatic rings. The lowest BCUT2D eigenvalue weighted by Crippen LogP contribution is -1.96. The number of nitrogens with zero attached hydrogens (tertiary/aromatic N) is 2. The van der Waals surface area contributed by atoms with Crippen molar-refractivity contribution in [2.75, 3.05) is 0 Å². The van der Waals surface area contributed by atoms with E-state index in [0.29, 0.717) is 0 Å². The highest BCUT2D eigenvalue weighted by Gasteiger charge is 1.99. The zero-order valence-corrected chi connectivity index (χ0v) is 8.14. The average Bonchev–Trinajstić information content (AvgIpc) is 2.23. The van der Waals surface area contributed by atoms with Crippen LogP contribution in [-0.4, -0.2) is 9.97 Å². The Morgan fingerprint density at radius 2 is 1.71 bits per heavy atom. The van der Waals surface area contributed by atoms with E-state index in [1.165, 1.54) is 11.1 Å². The van der Waals surface area contributed by atoms with E-state index in [9.17, 15) is 0 Å². The molecule has 2 rings (SSSR count). The van der Waals surface area contributed by atoms with E-state index in [1.54, 1.807) is 12.4 Å². The number of hydrogen-bond donors (Lipinski definition) is 0. The molecule has 2 aromatic rings. The normalized spacial score (nSPS) is 10.1. The van der Waals surface area contributed by atoms with Crippen LogP contribution in [0.15, 0.2) is 42.7 Å². The van der Waals surface area contributed by atoms with Gasteiger partial charge in [-0.2, -0.15) is 0 Å². The number of benzene rings is 1. The van der Waals surface area contributed by atoms with Crippen LogP contribution in [0, 0.1) is 6.92 Å². The maximum Gasteiger partial charge on any atom is 0.132 e. The molecule has 70 valence electrons. The van der Waals surface area contributed by atoms with E-state index in [4.69, 9.17) is 0 Å². The molecule has 0 N–H and O–H groups in total. The van der Waals surface area contributed by atoms with E-state index in [-0.39, 0.29) is 0 Å². The third kappa shape index (κ3) is 1.96. The zero-order valence-electron chi connectivity index (χ0n) is 8.14. The molecule has 2 heteroatoms. The minimum Gasteiger partial charge on any atom is -0.241 e. The lowest BCUT2D eigenvalue weighted by atomic mass is 10.1. The lowest BCUT2D eigenvalue weighted by molar-refractivity contribution is 0.960. The molecule has 2 nitrogen and oxygen atoms in total. The fourth-order valence-corrected chi connectivity index (χ4v) is 1.40. The quantitative estimate of drug-likeness (QED) is 0.716. The zero-order chi connectivity index (χ0) is 9.80. The molecule has 0 amide bonds. The second kappa shape index (κ2) is 4.01. The summed E-state index contributed by atoms with van der Waals surface area (Å²) in [5, 5.41) is 0. The molecule has 0 bridgehead atoms. The topological polar surface area (TPSA) is 25.8 Å². The van der Waals surface area contributed by atoms with Gasteiger partial charge in [-0.3, -0.25) is 0 Å². The van der Waals surface area contributed by atoms with Crippen molar-refractivity contribution < 1.29 is 0 Å². The SMILES string of the molecule is Cc1ccccc1Cc1ncccn1. The van der Waals surface area contributed by atoms with Gasteiger partial charge < -0.3 is 0 Å². The highest BCUT2D eigenvalue weighted by atomic mass is 14.8. The molecule has 1 heterocycles. The molecule has 0 saturated heterocycles. The molecule has 0 atom stereocenters. The van der Waals surface area contributed by atoms with Crippen LogP contribution in [0.4, 0.5) is 0 Å². The van der Waals surface area contributed by atoms with Crippen molar-refractivity contribution in [1.29, 1.82) is 0 Å². The molecule has 1 aromatic heterocycles. The Hall–Kier alpha value is -1.70. The van der Waals surface area contributed by atoms with Gasteiger partial charge in [0.15, 0.2) is 0 Å². The van der Waals surface area contributed by atoms with Crippen LogP contribution in [0.2, 0.25) is 0 Å². The van der Waals surface area contributed by atoms with Crippen LogP contribution in [0.3, 0.4) is 0 Å². The van der Waals surface area contributed by atoms with Crippen molar-refractivity contribution in [3.05, 3.63) is 59.7 Å². The van der Waals surface area contributed by atoms with Gasteiger partial charge in [0.25, 0.3) is 0 Å². The Morgan fingerprint density at radius 1 is 1.00 bits per heavy atom. The summed E-state index contributed by atoms with van der Waals surface area (Å²) in [5.74, 6) is 0.877. The van der Waals surface area contributed by atoms with Crippen LogP contribution < -0.4 is 0 Å². The standard InChI is InChI=1S/C12H12N2/c1-10-5-2-3-6-11(10)9-12-13-7-4-8-14-12/h2-8H,9H2,1H3. The van der Waals surface area contributed by atoms with Crippen molar-refractivity contribution in [2.45, 2.75) is 13.3 Å². The van der Waals surface area contributed by atoms with Crippen LogP contribution in [0.5, 0.6) is 0 Å². The number of hydrogen-bond acceptors (Lipinski definition) is 2. The minimum atomic E-state index is 0.813. The summed E-state index contributed by atoms with van der Waals surface area (Å²) in [5.41, 5.74) is 2.58. The molecule has 0 spiro atoms. The van der Waals surface area contributed by atoms with Gasteiger partial charge in [-0.1, -0.05) is 24.3 Å².